The highest BCUT2D eigenvalue weighted by Crippen LogP contribution is 2.14. The first-order chi connectivity index (χ1) is 6.31. The van der Waals surface area contributed by atoms with Gasteiger partial charge in [0, 0.05) is 10.7 Å². The molecule has 0 aromatic carbocycles. The quantitative estimate of drug-likeness (QED) is 0.828. The summed E-state index contributed by atoms with van der Waals surface area (Å²) in [5.74, 6) is 1.88. The first-order valence-corrected chi connectivity index (χ1v) is 5.98. The number of thioether (sulfide) groups is 1. The maximum atomic E-state index is 4.10. The summed E-state index contributed by atoms with van der Waals surface area (Å²) in [7, 11) is 0. The molecule has 13 heavy (non-hydrogen) atoms. The van der Waals surface area contributed by atoms with E-state index in [-0.39, 0.29) is 0 Å². The predicted octanol–water partition coefficient (Wildman–Crippen LogP) is 2.35. The number of aromatic nitrogens is 3. The molecule has 0 spiro atoms. The minimum Gasteiger partial charge on any atom is -0.285 e. The van der Waals surface area contributed by atoms with E-state index in [4.69, 9.17) is 0 Å². The minimum absolute atomic E-state index is 0.887. The Morgan fingerprint density at radius 2 is 2.31 bits per heavy atom. The standard InChI is InChI=1S/C8H8BrN3S/c1-13-5-8-11-10-7-3-2-6(9)4-12(7)8/h2-4H,5H2,1H3. The Morgan fingerprint density at radius 1 is 1.46 bits per heavy atom. The number of halogens is 1. The van der Waals surface area contributed by atoms with Gasteiger partial charge in [0.15, 0.2) is 5.65 Å². The van der Waals surface area contributed by atoms with Gasteiger partial charge in [0.05, 0.1) is 5.75 Å². The third-order valence-corrected chi connectivity index (χ3v) is 2.73. The molecule has 0 fully saturated rings. The predicted molar refractivity (Wildman–Crippen MR) is 57.9 cm³/mol. The van der Waals surface area contributed by atoms with Crippen LogP contribution in [0.15, 0.2) is 22.8 Å². The molecule has 0 saturated heterocycles. The smallest absolute Gasteiger partial charge is 0.160 e. The monoisotopic (exact) mass is 257 g/mol. The summed E-state index contributed by atoms with van der Waals surface area (Å²) in [4.78, 5) is 0. The maximum absolute atomic E-state index is 4.10. The molecule has 5 heteroatoms. The maximum Gasteiger partial charge on any atom is 0.160 e. The zero-order chi connectivity index (χ0) is 9.26. The summed E-state index contributed by atoms with van der Waals surface area (Å²) in [5.41, 5.74) is 0.896. The molecule has 2 rings (SSSR count). The molecular weight excluding hydrogens is 250 g/mol. The van der Waals surface area contributed by atoms with Crippen LogP contribution in [-0.2, 0) is 5.75 Å². The highest BCUT2D eigenvalue weighted by molar-refractivity contribution is 9.10. The third-order valence-electron chi connectivity index (χ3n) is 1.71. The molecule has 2 aromatic heterocycles. The van der Waals surface area contributed by atoms with Crippen LogP contribution < -0.4 is 0 Å². The van der Waals surface area contributed by atoms with Gasteiger partial charge < -0.3 is 0 Å². The topological polar surface area (TPSA) is 30.2 Å². The lowest BCUT2D eigenvalue weighted by Gasteiger charge is -1.97. The van der Waals surface area contributed by atoms with Gasteiger partial charge in [0.1, 0.15) is 5.82 Å². The van der Waals surface area contributed by atoms with Crippen LogP contribution in [0.2, 0.25) is 0 Å². The molecule has 0 aliphatic heterocycles. The van der Waals surface area contributed by atoms with Crippen LogP contribution in [0, 0.1) is 0 Å². The zero-order valence-electron chi connectivity index (χ0n) is 7.07. The second kappa shape index (κ2) is 3.67. The van der Waals surface area contributed by atoms with Crippen molar-refractivity contribution in [1.82, 2.24) is 14.6 Å². The highest BCUT2D eigenvalue weighted by atomic mass is 79.9. The first kappa shape index (κ1) is 9.02. The molecule has 2 aromatic rings. The highest BCUT2D eigenvalue weighted by Gasteiger charge is 2.03. The van der Waals surface area contributed by atoms with Crippen molar-refractivity contribution < 1.29 is 0 Å². The Labute approximate surface area is 88.7 Å². The number of rotatable bonds is 2. The number of nitrogens with zero attached hydrogens (tertiary/aromatic N) is 3. The molecule has 0 aliphatic carbocycles. The van der Waals surface area contributed by atoms with Crippen molar-refractivity contribution in [3.05, 3.63) is 28.6 Å². The van der Waals surface area contributed by atoms with E-state index >= 15 is 0 Å². The molecule has 0 atom stereocenters. The molecule has 3 nitrogen and oxygen atoms in total. The third kappa shape index (κ3) is 1.71. The summed E-state index contributed by atoms with van der Waals surface area (Å²) in [6.45, 7) is 0. The largest absolute Gasteiger partial charge is 0.285 e. The second-order valence-corrected chi connectivity index (χ2v) is 4.41. The van der Waals surface area contributed by atoms with Crippen LogP contribution in [-0.4, -0.2) is 20.9 Å². The Balaban J connectivity index is 2.58. The van der Waals surface area contributed by atoms with Gasteiger partial charge in [0.25, 0.3) is 0 Å². The van der Waals surface area contributed by atoms with Gasteiger partial charge in [-0.25, -0.2) is 0 Å². The van der Waals surface area contributed by atoms with E-state index < -0.39 is 0 Å². The van der Waals surface area contributed by atoms with Crippen LogP contribution in [0.4, 0.5) is 0 Å². The second-order valence-electron chi connectivity index (χ2n) is 2.62. The lowest BCUT2D eigenvalue weighted by Crippen LogP contribution is -1.91. The van der Waals surface area contributed by atoms with Crippen LogP contribution in [0.5, 0.6) is 0 Å². The van der Waals surface area contributed by atoms with Crippen molar-refractivity contribution in [1.29, 1.82) is 0 Å². The molecular formula is C8H8BrN3S. The molecule has 0 N–H and O–H groups in total. The Kier molecular flexibility index (Phi) is 2.55. The molecule has 0 radical (unpaired) electrons. The Hall–Kier alpha value is -0.550. The van der Waals surface area contributed by atoms with Crippen molar-refractivity contribution >= 4 is 33.3 Å². The van der Waals surface area contributed by atoms with Gasteiger partial charge in [-0.3, -0.25) is 4.40 Å². The number of pyridine rings is 1. The fourth-order valence-corrected chi connectivity index (χ4v) is 1.93. The average Bonchev–Trinajstić information content (AvgIpc) is 2.49. The van der Waals surface area contributed by atoms with E-state index in [0.717, 1.165) is 21.7 Å². The van der Waals surface area contributed by atoms with Crippen molar-refractivity contribution in [2.75, 3.05) is 6.26 Å². The molecule has 0 aliphatic rings. The number of hydrogen-bond acceptors (Lipinski definition) is 3. The fourth-order valence-electron chi connectivity index (χ4n) is 1.14. The summed E-state index contributed by atoms with van der Waals surface area (Å²) in [6.07, 6.45) is 4.04. The molecule has 68 valence electrons. The SMILES string of the molecule is CSCc1nnc2ccc(Br)cn12. The lowest BCUT2D eigenvalue weighted by atomic mass is 10.5. The summed E-state index contributed by atoms with van der Waals surface area (Å²) < 4.78 is 3.04. The normalized spacial score (nSPS) is 10.9. The summed E-state index contributed by atoms with van der Waals surface area (Å²) in [5, 5.41) is 8.15. The van der Waals surface area contributed by atoms with E-state index in [2.05, 4.69) is 32.4 Å². The zero-order valence-corrected chi connectivity index (χ0v) is 9.47. The van der Waals surface area contributed by atoms with Gasteiger partial charge in [0.2, 0.25) is 0 Å². The molecule has 2 heterocycles. The van der Waals surface area contributed by atoms with E-state index in [1.54, 1.807) is 11.8 Å². The summed E-state index contributed by atoms with van der Waals surface area (Å²) in [6, 6.07) is 3.91. The van der Waals surface area contributed by atoms with Crippen LogP contribution >= 0.6 is 27.7 Å². The van der Waals surface area contributed by atoms with E-state index in [9.17, 15) is 0 Å². The average molecular weight is 258 g/mol. The van der Waals surface area contributed by atoms with Gasteiger partial charge in [-0.2, -0.15) is 11.8 Å². The van der Waals surface area contributed by atoms with Crippen LogP contribution in [0.1, 0.15) is 5.82 Å². The molecule has 0 unspecified atom stereocenters. The number of fused-ring (bicyclic) bond motifs is 1. The molecule has 0 bridgehead atoms. The number of hydrogen-bond donors (Lipinski definition) is 0. The lowest BCUT2D eigenvalue weighted by molar-refractivity contribution is 0.989. The van der Waals surface area contributed by atoms with Crippen LogP contribution in [0.25, 0.3) is 5.65 Å². The van der Waals surface area contributed by atoms with Gasteiger partial charge >= 0.3 is 0 Å². The summed E-state index contributed by atoms with van der Waals surface area (Å²) >= 11 is 5.16. The van der Waals surface area contributed by atoms with Crippen molar-refractivity contribution in [3.63, 3.8) is 0 Å². The first-order valence-electron chi connectivity index (χ1n) is 3.79. The fraction of sp³-hybridized carbons (Fsp3) is 0.250. The van der Waals surface area contributed by atoms with Crippen molar-refractivity contribution in [2.45, 2.75) is 5.75 Å². The van der Waals surface area contributed by atoms with E-state index in [1.165, 1.54) is 0 Å². The van der Waals surface area contributed by atoms with Gasteiger partial charge in [-0.05, 0) is 34.3 Å². The van der Waals surface area contributed by atoms with E-state index in [0.29, 0.717) is 0 Å². The Bertz CT molecular complexity index is 426. The molecule has 0 saturated carbocycles. The van der Waals surface area contributed by atoms with Gasteiger partial charge in [-0.15, -0.1) is 10.2 Å². The van der Waals surface area contributed by atoms with Crippen LogP contribution in [0.3, 0.4) is 0 Å². The Morgan fingerprint density at radius 3 is 3.08 bits per heavy atom. The van der Waals surface area contributed by atoms with Crippen molar-refractivity contribution in [3.8, 4) is 0 Å². The van der Waals surface area contributed by atoms with Crippen molar-refractivity contribution in [2.24, 2.45) is 0 Å². The van der Waals surface area contributed by atoms with E-state index in [1.807, 2.05) is 22.7 Å². The van der Waals surface area contributed by atoms with Gasteiger partial charge in [-0.1, -0.05) is 0 Å². The molecule has 0 amide bonds. The minimum atomic E-state index is 0.887.